The Morgan fingerprint density at radius 2 is 1.89 bits per heavy atom. The van der Waals surface area contributed by atoms with E-state index in [1.807, 2.05) is 0 Å². The molecule has 9 heteroatoms. The highest BCUT2D eigenvalue weighted by Gasteiger charge is 2.33. The number of thiophene rings is 1. The molecule has 0 aliphatic carbocycles. The Labute approximate surface area is 162 Å². The molecule has 1 aromatic carbocycles. The number of amides is 2. The van der Waals surface area contributed by atoms with Crippen molar-refractivity contribution < 1.29 is 18.0 Å². The molecule has 27 heavy (non-hydrogen) atoms. The summed E-state index contributed by atoms with van der Waals surface area (Å²) >= 11 is 1.18. The van der Waals surface area contributed by atoms with Crippen LogP contribution >= 0.6 is 11.3 Å². The molecular formula is C18H21N3O4S2. The van der Waals surface area contributed by atoms with Gasteiger partial charge in [-0.1, -0.05) is 12.1 Å². The number of anilines is 2. The lowest BCUT2D eigenvalue weighted by atomic mass is 9.98. The van der Waals surface area contributed by atoms with Gasteiger partial charge in [-0.2, -0.15) is 4.31 Å². The Morgan fingerprint density at radius 3 is 2.56 bits per heavy atom. The van der Waals surface area contributed by atoms with Gasteiger partial charge >= 0.3 is 0 Å². The third-order valence-electron chi connectivity index (χ3n) is 4.29. The van der Waals surface area contributed by atoms with Crippen LogP contribution in [-0.2, 0) is 19.6 Å². The molecule has 0 unspecified atom stereocenters. The van der Waals surface area contributed by atoms with Gasteiger partial charge in [-0.3, -0.25) is 9.59 Å². The number of benzene rings is 1. The fourth-order valence-electron chi connectivity index (χ4n) is 3.03. The summed E-state index contributed by atoms with van der Waals surface area (Å²) in [5.41, 5.74) is 1.15. The maximum Gasteiger partial charge on any atom is 0.252 e. The molecule has 2 aromatic rings. The van der Waals surface area contributed by atoms with Gasteiger partial charge in [0.25, 0.3) is 10.0 Å². The van der Waals surface area contributed by atoms with Crippen LogP contribution in [0.1, 0.15) is 19.8 Å². The number of rotatable bonds is 5. The lowest BCUT2D eigenvalue weighted by Gasteiger charge is -2.30. The summed E-state index contributed by atoms with van der Waals surface area (Å²) in [4.78, 5) is 23.8. The Kier molecular flexibility index (Phi) is 5.93. The van der Waals surface area contributed by atoms with Crippen molar-refractivity contribution in [1.82, 2.24) is 4.31 Å². The maximum absolute atomic E-state index is 12.7. The fourth-order valence-corrected chi connectivity index (χ4v) is 5.70. The predicted octanol–water partition coefficient (Wildman–Crippen LogP) is 2.75. The average molecular weight is 408 g/mol. The van der Waals surface area contributed by atoms with Crippen LogP contribution in [0.5, 0.6) is 0 Å². The first-order valence-corrected chi connectivity index (χ1v) is 10.9. The Bertz CT molecular complexity index is 926. The highest BCUT2D eigenvalue weighted by atomic mass is 32.2. The Balaban J connectivity index is 1.68. The van der Waals surface area contributed by atoms with Gasteiger partial charge in [0.1, 0.15) is 4.21 Å². The van der Waals surface area contributed by atoms with Crippen molar-refractivity contribution in [2.75, 3.05) is 23.7 Å². The zero-order chi connectivity index (χ0) is 19.4. The molecular weight excluding hydrogens is 386 g/mol. The number of sulfonamides is 1. The number of hydrogen-bond acceptors (Lipinski definition) is 5. The molecule has 0 saturated carbocycles. The second-order valence-corrected chi connectivity index (χ2v) is 9.50. The van der Waals surface area contributed by atoms with Crippen LogP contribution in [0.4, 0.5) is 11.4 Å². The number of hydrogen-bond donors (Lipinski definition) is 2. The third kappa shape index (κ3) is 4.74. The minimum Gasteiger partial charge on any atom is -0.326 e. The molecule has 7 nitrogen and oxygen atoms in total. The second kappa shape index (κ2) is 8.20. The molecule has 1 aliphatic heterocycles. The van der Waals surface area contributed by atoms with Crippen molar-refractivity contribution in [3.63, 3.8) is 0 Å². The highest BCUT2D eigenvalue weighted by Crippen LogP contribution is 2.27. The quantitative estimate of drug-likeness (QED) is 0.797. The van der Waals surface area contributed by atoms with Gasteiger partial charge in [0.05, 0.1) is 5.92 Å². The number of nitrogens with zero attached hydrogens (tertiary/aromatic N) is 1. The lowest BCUT2D eigenvalue weighted by Crippen LogP contribution is -2.43. The van der Waals surface area contributed by atoms with Crippen LogP contribution < -0.4 is 10.6 Å². The molecule has 1 atom stereocenters. The molecule has 2 heterocycles. The SMILES string of the molecule is CC(=O)Nc1cccc(NC(=O)[C@H]2CCCN(S(=O)(=O)c3cccs3)C2)c1. The van der Waals surface area contributed by atoms with Crippen molar-refractivity contribution >= 4 is 44.5 Å². The van der Waals surface area contributed by atoms with Crippen molar-refractivity contribution in [3.8, 4) is 0 Å². The number of carbonyl (C=O) groups is 2. The number of nitrogens with one attached hydrogen (secondary N) is 2. The van der Waals surface area contributed by atoms with E-state index >= 15 is 0 Å². The molecule has 0 radical (unpaired) electrons. The van der Waals surface area contributed by atoms with Crippen LogP contribution in [0.3, 0.4) is 0 Å². The summed E-state index contributed by atoms with van der Waals surface area (Å²) < 4.78 is 27.1. The molecule has 1 aromatic heterocycles. The van der Waals surface area contributed by atoms with E-state index in [1.165, 1.54) is 22.6 Å². The van der Waals surface area contributed by atoms with Crippen molar-refractivity contribution in [3.05, 3.63) is 41.8 Å². The highest BCUT2D eigenvalue weighted by molar-refractivity contribution is 7.91. The predicted molar refractivity (Wildman–Crippen MR) is 105 cm³/mol. The summed E-state index contributed by atoms with van der Waals surface area (Å²) in [7, 11) is -3.55. The van der Waals surface area contributed by atoms with E-state index in [9.17, 15) is 18.0 Å². The molecule has 1 fully saturated rings. The molecule has 0 spiro atoms. The van der Waals surface area contributed by atoms with Gasteiger partial charge in [-0.25, -0.2) is 8.42 Å². The van der Waals surface area contributed by atoms with E-state index in [-0.39, 0.29) is 18.4 Å². The zero-order valence-corrected chi connectivity index (χ0v) is 16.5. The molecule has 1 aliphatic rings. The fraction of sp³-hybridized carbons (Fsp3) is 0.333. The van der Waals surface area contributed by atoms with E-state index in [0.29, 0.717) is 35.0 Å². The van der Waals surface area contributed by atoms with Gasteiger partial charge in [0.15, 0.2) is 0 Å². The van der Waals surface area contributed by atoms with E-state index < -0.39 is 15.9 Å². The molecule has 3 rings (SSSR count). The minimum absolute atomic E-state index is 0.164. The molecule has 0 bridgehead atoms. The van der Waals surface area contributed by atoms with Crippen LogP contribution in [0, 0.1) is 5.92 Å². The first-order chi connectivity index (χ1) is 12.9. The summed E-state index contributed by atoms with van der Waals surface area (Å²) in [6.45, 7) is 2.00. The number of piperidine rings is 1. The first-order valence-electron chi connectivity index (χ1n) is 8.58. The monoisotopic (exact) mass is 407 g/mol. The Hall–Kier alpha value is -2.23. The molecule has 144 valence electrons. The molecule has 2 N–H and O–H groups in total. The van der Waals surface area contributed by atoms with Crippen molar-refractivity contribution in [1.29, 1.82) is 0 Å². The summed E-state index contributed by atoms with van der Waals surface area (Å²) in [6.07, 6.45) is 1.27. The largest absolute Gasteiger partial charge is 0.326 e. The summed E-state index contributed by atoms with van der Waals surface area (Å²) in [5, 5.41) is 7.21. The van der Waals surface area contributed by atoms with Crippen molar-refractivity contribution in [2.45, 2.75) is 24.0 Å². The van der Waals surface area contributed by atoms with Gasteiger partial charge < -0.3 is 10.6 Å². The normalized spacial score (nSPS) is 18.0. The lowest BCUT2D eigenvalue weighted by molar-refractivity contribution is -0.121. The second-order valence-electron chi connectivity index (χ2n) is 6.39. The topological polar surface area (TPSA) is 95.6 Å². The van der Waals surface area contributed by atoms with E-state index in [1.54, 1.807) is 41.8 Å². The van der Waals surface area contributed by atoms with E-state index in [0.717, 1.165) is 0 Å². The van der Waals surface area contributed by atoms with Crippen molar-refractivity contribution in [2.24, 2.45) is 5.92 Å². The Morgan fingerprint density at radius 1 is 1.15 bits per heavy atom. The van der Waals surface area contributed by atoms with E-state index in [4.69, 9.17) is 0 Å². The van der Waals surface area contributed by atoms with Gasteiger partial charge in [0, 0.05) is 31.4 Å². The maximum atomic E-state index is 12.7. The smallest absolute Gasteiger partial charge is 0.252 e. The van der Waals surface area contributed by atoms with E-state index in [2.05, 4.69) is 10.6 Å². The first kappa shape index (κ1) is 19.5. The van der Waals surface area contributed by atoms with Gasteiger partial charge in [-0.15, -0.1) is 11.3 Å². The zero-order valence-electron chi connectivity index (χ0n) is 14.8. The minimum atomic E-state index is -3.55. The summed E-state index contributed by atoms with van der Waals surface area (Å²) in [6, 6.07) is 10.1. The molecule has 2 amide bonds. The number of carbonyl (C=O) groups excluding carboxylic acids is 2. The summed E-state index contributed by atoms with van der Waals surface area (Å²) in [5.74, 6) is -0.834. The standard InChI is InChI=1S/C18H21N3O4S2/c1-13(22)19-15-6-2-7-16(11-15)20-18(23)14-5-3-9-21(12-14)27(24,25)17-8-4-10-26-17/h2,4,6-8,10-11,14H,3,5,9,12H2,1H3,(H,19,22)(H,20,23)/t14-/m0/s1. The average Bonchev–Trinajstić information content (AvgIpc) is 3.17. The van der Waals surface area contributed by atoms with Crippen LogP contribution in [0.25, 0.3) is 0 Å². The van der Waals surface area contributed by atoms with Crippen LogP contribution in [-0.4, -0.2) is 37.6 Å². The van der Waals surface area contributed by atoms with Gasteiger partial charge in [-0.05, 0) is 42.5 Å². The third-order valence-corrected chi connectivity index (χ3v) is 7.53. The van der Waals surface area contributed by atoms with Gasteiger partial charge in [0.2, 0.25) is 11.8 Å². The van der Waals surface area contributed by atoms with Crippen LogP contribution in [0.15, 0.2) is 46.0 Å². The molecule has 1 saturated heterocycles. The van der Waals surface area contributed by atoms with Crippen LogP contribution in [0.2, 0.25) is 0 Å².